The molecule has 1 heterocycles. The summed E-state index contributed by atoms with van der Waals surface area (Å²) < 4.78 is 0. The SMILES string of the molecule is Oc1ccc2nc3ccc4ccccc4c3cc2c1. The molecule has 1 aromatic heterocycles. The average molecular weight is 245 g/mol. The number of nitrogens with zero attached hydrogens (tertiary/aromatic N) is 1. The number of hydrogen-bond donors (Lipinski definition) is 1. The van der Waals surface area contributed by atoms with Crippen LogP contribution in [0.1, 0.15) is 0 Å². The van der Waals surface area contributed by atoms with Gasteiger partial charge < -0.3 is 5.11 Å². The number of phenols is 1. The van der Waals surface area contributed by atoms with Crippen molar-refractivity contribution in [3.8, 4) is 5.75 Å². The molecule has 0 saturated heterocycles. The molecule has 3 aromatic carbocycles. The van der Waals surface area contributed by atoms with Gasteiger partial charge in [0.25, 0.3) is 0 Å². The molecule has 0 bridgehead atoms. The molecule has 0 spiro atoms. The van der Waals surface area contributed by atoms with Crippen LogP contribution in [0.25, 0.3) is 32.6 Å². The van der Waals surface area contributed by atoms with Gasteiger partial charge in [-0.05, 0) is 41.1 Å². The van der Waals surface area contributed by atoms with Gasteiger partial charge in [-0.15, -0.1) is 0 Å². The van der Waals surface area contributed by atoms with Crippen LogP contribution in [0.4, 0.5) is 0 Å². The molecule has 90 valence electrons. The number of benzene rings is 3. The lowest BCUT2D eigenvalue weighted by molar-refractivity contribution is 0.476. The van der Waals surface area contributed by atoms with E-state index in [2.05, 4.69) is 29.2 Å². The first-order valence-corrected chi connectivity index (χ1v) is 6.22. The zero-order chi connectivity index (χ0) is 12.8. The van der Waals surface area contributed by atoms with Crippen molar-refractivity contribution in [1.82, 2.24) is 4.98 Å². The molecular formula is C17H11NO. The van der Waals surface area contributed by atoms with E-state index < -0.39 is 0 Å². The summed E-state index contributed by atoms with van der Waals surface area (Å²) in [5.74, 6) is 0.272. The van der Waals surface area contributed by atoms with Crippen LogP contribution < -0.4 is 0 Å². The third-order valence-electron chi connectivity index (χ3n) is 3.50. The lowest BCUT2D eigenvalue weighted by atomic mass is 10.0. The highest BCUT2D eigenvalue weighted by Gasteiger charge is 2.04. The molecule has 19 heavy (non-hydrogen) atoms. The monoisotopic (exact) mass is 245 g/mol. The summed E-state index contributed by atoms with van der Waals surface area (Å²) in [5, 5.41) is 14.1. The Morgan fingerprint density at radius 1 is 0.684 bits per heavy atom. The highest BCUT2D eigenvalue weighted by molar-refractivity contribution is 6.09. The third kappa shape index (κ3) is 1.54. The largest absolute Gasteiger partial charge is 0.508 e. The molecule has 4 rings (SSSR count). The fraction of sp³-hybridized carbons (Fsp3) is 0. The van der Waals surface area contributed by atoms with Gasteiger partial charge in [-0.25, -0.2) is 4.98 Å². The number of aromatic hydroxyl groups is 1. The number of phenolic OH excluding ortho intramolecular Hbond substituents is 1. The molecular weight excluding hydrogens is 234 g/mol. The molecule has 1 N–H and O–H groups in total. The Balaban J connectivity index is 2.23. The van der Waals surface area contributed by atoms with Gasteiger partial charge in [0.1, 0.15) is 5.75 Å². The van der Waals surface area contributed by atoms with Crippen LogP contribution >= 0.6 is 0 Å². The molecule has 2 nitrogen and oxygen atoms in total. The minimum atomic E-state index is 0.272. The molecule has 0 atom stereocenters. The van der Waals surface area contributed by atoms with Crippen LogP contribution in [0.15, 0.2) is 60.7 Å². The fourth-order valence-corrected chi connectivity index (χ4v) is 2.58. The highest BCUT2D eigenvalue weighted by atomic mass is 16.3. The molecule has 2 heteroatoms. The first-order valence-electron chi connectivity index (χ1n) is 6.22. The quantitative estimate of drug-likeness (QED) is 0.371. The van der Waals surface area contributed by atoms with E-state index in [-0.39, 0.29) is 5.75 Å². The van der Waals surface area contributed by atoms with Crippen LogP contribution in [0.3, 0.4) is 0 Å². The summed E-state index contributed by atoms with van der Waals surface area (Å²) in [5.41, 5.74) is 1.89. The number of pyridine rings is 1. The number of hydrogen-bond acceptors (Lipinski definition) is 2. The second-order valence-corrected chi connectivity index (χ2v) is 4.72. The minimum absolute atomic E-state index is 0.272. The lowest BCUT2D eigenvalue weighted by Crippen LogP contribution is -1.84. The van der Waals surface area contributed by atoms with Gasteiger partial charge in [0.15, 0.2) is 0 Å². The Labute approximate surface area is 109 Å². The van der Waals surface area contributed by atoms with Crippen LogP contribution in [0, 0.1) is 0 Å². The van der Waals surface area contributed by atoms with Gasteiger partial charge in [-0.3, -0.25) is 0 Å². The maximum absolute atomic E-state index is 9.59. The Bertz CT molecular complexity index is 928. The summed E-state index contributed by atoms with van der Waals surface area (Å²) in [4.78, 5) is 4.66. The van der Waals surface area contributed by atoms with Gasteiger partial charge in [-0.2, -0.15) is 0 Å². The summed E-state index contributed by atoms with van der Waals surface area (Å²) in [7, 11) is 0. The molecule has 0 fully saturated rings. The fourth-order valence-electron chi connectivity index (χ4n) is 2.58. The number of rotatable bonds is 0. The highest BCUT2D eigenvalue weighted by Crippen LogP contribution is 2.28. The van der Waals surface area contributed by atoms with Crippen molar-refractivity contribution in [2.24, 2.45) is 0 Å². The summed E-state index contributed by atoms with van der Waals surface area (Å²) in [6.45, 7) is 0. The van der Waals surface area contributed by atoms with E-state index in [1.54, 1.807) is 12.1 Å². The van der Waals surface area contributed by atoms with Crippen LogP contribution in [-0.4, -0.2) is 10.1 Å². The van der Waals surface area contributed by atoms with Crippen molar-refractivity contribution >= 4 is 32.6 Å². The zero-order valence-electron chi connectivity index (χ0n) is 10.2. The molecule has 0 amide bonds. The molecule has 0 radical (unpaired) electrons. The topological polar surface area (TPSA) is 33.1 Å². The van der Waals surface area contributed by atoms with Crippen molar-refractivity contribution < 1.29 is 5.11 Å². The molecule has 4 aromatic rings. The Morgan fingerprint density at radius 2 is 1.53 bits per heavy atom. The lowest BCUT2D eigenvalue weighted by Gasteiger charge is -2.05. The second kappa shape index (κ2) is 3.69. The second-order valence-electron chi connectivity index (χ2n) is 4.72. The molecule has 0 unspecified atom stereocenters. The number of aromatic nitrogens is 1. The van der Waals surface area contributed by atoms with Gasteiger partial charge >= 0.3 is 0 Å². The summed E-state index contributed by atoms with van der Waals surface area (Å²) in [6.07, 6.45) is 0. The van der Waals surface area contributed by atoms with Gasteiger partial charge in [-0.1, -0.05) is 30.3 Å². The van der Waals surface area contributed by atoms with E-state index in [9.17, 15) is 5.11 Å². The summed E-state index contributed by atoms with van der Waals surface area (Å²) >= 11 is 0. The predicted molar refractivity (Wildman–Crippen MR) is 78.4 cm³/mol. The van der Waals surface area contributed by atoms with Crippen molar-refractivity contribution in [3.05, 3.63) is 60.7 Å². The first-order chi connectivity index (χ1) is 9.31. The van der Waals surface area contributed by atoms with Crippen LogP contribution in [0.2, 0.25) is 0 Å². The zero-order valence-corrected chi connectivity index (χ0v) is 10.2. The smallest absolute Gasteiger partial charge is 0.116 e. The number of fused-ring (bicyclic) bond motifs is 4. The van der Waals surface area contributed by atoms with Crippen molar-refractivity contribution in [3.63, 3.8) is 0 Å². The van der Waals surface area contributed by atoms with E-state index in [1.165, 1.54) is 10.8 Å². The predicted octanol–water partition coefficient (Wildman–Crippen LogP) is 4.25. The van der Waals surface area contributed by atoms with Gasteiger partial charge in [0.05, 0.1) is 11.0 Å². The van der Waals surface area contributed by atoms with E-state index in [0.29, 0.717) is 0 Å². The first kappa shape index (κ1) is 10.3. The van der Waals surface area contributed by atoms with E-state index in [4.69, 9.17) is 0 Å². The van der Waals surface area contributed by atoms with E-state index in [0.717, 1.165) is 21.8 Å². The standard InChI is InChI=1S/C17H11NO/c19-13-6-8-16-12(9-13)10-15-14-4-2-1-3-11(14)5-7-17(15)18-16/h1-10,19H. The Morgan fingerprint density at radius 3 is 2.47 bits per heavy atom. The Kier molecular flexibility index (Phi) is 2.00. The molecule has 0 aliphatic heterocycles. The van der Waals surface area contributed by atoms with E-state index in [1.807, 2.05) is 24.3 Å². The van der Waals surface area contributed by atoms with Crippen LogP contribution in [-0.2, 0) is 0 Å². The van der Waals surface area contributed by atoms with E-state index >= 15 is 0 Å². The van der Waals surface area contributed by atoms with Crippen molar-refractivity contribution in [1.29, 1.82) is 0 Å². The normalized spacial score (nSPS) is 11.4. The molecule has 0 aliphatic carbocycles. The minimum Gasteiger partial charge on any atom is -0.508 e. The van der Waals surface area contributed by atoms with Crippen molar-refractivity contribution in [2.45, 2.75) is 0 Å². The van der Waals surface area contributed by atoms with Gasteiger partial charge in [0.2, 0.25) is 0 Å². The maximum Gasteiger partial charge on any atom is 0.116 e. The summed E-state index contributed by atoms with van der Waals surface area (Å²) in [6, 6.07) is 19.8. The van der Waals surface area contributed by atoms with Crippen molar-refractivity contribution in [2.75, 3.05) is 0 Å². The third-order valence-corrected chi connectivity index (χ3v) is 3.50. The average Bonchev–Trinajstić information content (AvgIpc) is 2.45. The molecule has 0 saturated carbocycles. The van der Waals surface area contributed by atoms with Crippen LogP contribution in [0.5, 0.6) is 5.75 Å². The molecule has 0 aliphatic rings. The Hall–Kier alpha value is -2.61. The maximum atomic E-state index is 9.59. The van der Waals surface area contributed by atoms with Gasteiger partial charge in [0, 0.05) is 10.8 Å².